The number of nitrogens with one attached hydrogen (secondary N) is 1. The van der Waals surface area contributed by atoms with Crippen LogP contribution in [0, 0.1) is 5.92 Å². The third-order valence-corrected chi connectivity index (χ3v) is 2.92. The van der Waals surface area contributed by atoms with Gasteiger partial charge in [-0.1, -0.05) is 19.0 Å². The van der Waals surface area contributed by atoms with Gasteiger partial charge in [0.15, 0.2) is 0 Å². The number of carbonyl (C=O) groups excluding carboxylic acids is 1. The smallest absolute Gasteiger partial charge is 0.269 e. The Labute approximate surface area is 124 Å². The number of hydrogen-bond acceptors (Lipinski definition) is 5. The lowest BCUT2D eigenvalue weighted by atomic mass is 10.1. The summed E-state index contributed by atoms with van der Waals surface area (Å²) in [4.78, 5) is 17.8. The second kappa shape index (κ2) is 8.08. The predicted molar refractivity (Wildman–Crippen MR) is 82.7 cm³/mol. The minimum Gasteiger partial charge on any atom is -0.409 e. The van der Waals surface area contributed by atoms with Gasteiger partial charge in [0.05, 0.1) is 0 Å². The maximum atomic E-state index is 11.7. The molecule has 0 aliphatic carbocycles. The maximum absolute atomic E-state index is 11.7. The standard InChI is InChI=1S/C14H23N5O2/c1-10(2)9-19(7-5-13(15)18-21)11-4-6-17-12(8-11)14(20)16-3/h4,6,8,10,21H,5,7,9H2,1-3H3,(H2,15,18)(H,16,20). The molecular formula is C14H23N5O2. The van der Waals surface area contributed by atoms with E-state index in [-0.39, 0.29) is 11.7 Å². The van der Waals surface area contributed by atoms with E-state index >= 15 is 0 Å². The highest BCUT2D eigenvalue weighted by molar-refractivity contribution is 5.92. The molecule has 0 radical (unpaired) electrons. The normalized spacial score (nSPS) is 11.5. The molecule has 0 aromatic carbocycles. The molecule has 0 fully saturated rings. The van der Waals surface area contributed by atoms with E-state index in [0.29, 0.717) is 24.6 Å². The Morgan fingerprint density at radius 1 is 1.57 bits per heavy atom. The average Bonchev–Trinajstić information content (AvgIpc) is 2.49. The third kappa shape index (κ3) is 5.29. The van der Waals surface area contributed by atoms with Crippen LogP contribution < -0.4 is 16.0 Å². The summed E-state index contributed by atoms with van der Waals surface area (Å²) in [5, 5.41) is 14.2. The molecule has 0 bridgehead atoms. The molecule has 0 unspecified atom stereocenters. The van der Waals surface area contributed by atoms with Crippen LogP contribution in [-0.4, -0.2) is 42.1 Å². The van der Waals surface area contributed by atoms with Gasteiger partial charge in [-0.25, -0.2) is 0 Å². The fourth-order valence-electron chi connectivity index (χ4n) is 1.93. The van der Waals surface area contributed by atoms with Crippen LogP contribution in [-0.2, 0) is 0 Å². The molecular weight excluding hydrogens is 270 g/mol. The molecule has 0 saturated heterocycles. The molecule has 0 saturated carbocycles. The molecule has 1 amide bonds. The summed E-state index contributed by atoms with van der Waals surface area (Å²) in [6.07, 6.45) is 2.05. The number of nitrogens with two attached hydrogens (primary N) is 1. The van der Waals surface area contributed by atoms with Gasteiger partial charge < -0.3 is 21.2 Å². The maximum Gasteiger partial charge on any atom is 0.269 e. The Hall–Kier alpha value is -2.31. The van der Waals surface area contributed by atoms with Gasteiger partial charge in [-0.2, -0.15) is 0 Å². The Kier molecular flexibility index (Phi) is 6.45. The summed E-state index contributed by atoms with van der Waals surface area (Å²) >= 11 is 0. The monoisotopic (exact) mass is 293 g/mol. The zero-order chi connectivity index (χ0) is 15.8. The van der Waals surface area contributed by atoms with Crippen molar-refractivity contribution in [3.05, 3.63) is 24.0 Å². The molecule has 0 aliphatic rings. The van der Waals surface area contributed by atoms with Gasteiger partial charge in [0.2, 0.25) is 0 Å². The number of nitrogens with zero attached hydrogens (tertiary/aromatic N) is 3. The Morgan fingerprint density at radius 2 is 2.29 bits per heavy atom. The molecule has 0 aliphatic heterocycles. The molecule has 116 valence electrons. The number of pyridine rings is 1. The van der Waals surface area contributed by atoms with E-state index in [0.717, 1.165) is 12.2 Å². The van der Waals surface area contributed by atoms with Gasteiger partial charge in [0.25, 0.3) is 5.91 Å². The highest BCUT2D eigenvalue weighted by Gasteiger charge is 2.12. The second-order valence-electron chi connectivity index (χ2n) is 5.16. The molecule has 1 heterocycles. The van der Waals surface area contributed by atoms with Crippen molar-refractivity contribution in [1.82, 2.24) is 10.3 Å². The van der Waals surface area contributed by atoms with Crippen molar-refractivity contribution in [2.75, 3.05) is 25.0 Å². The minimum absolute atomic E-state index is 0.185. The van der Waals surface area contributed by atoms with Crippen molar-refractivity contribution in [2.45, 2.75) is 20.3 Å². The first-order valence-electron chi connectivity index (χ1n) is 6.87. The summed E-state index contributed by atoms with van der Waals surface area (Å²) in [7, 11) is 1.57. The van der Waals surface area contributed by atoms with E-state index in [4.69, 9.17) is 10.9 Å². The Balaban J connectivity index is 2.94. The highest BCUT2D eigenvalue weighted by Crippen LogP contribution is 2.17. The summed E-state index contributed by atoms with van der Waals surface area (Å²) in [5.74, 6) is 0.399. The van der Waals surface area contributed by atoms with Crippen LogP contribution in [0.2, 0.25) is 0 Å². The average molecular weight is 293 g/mol. The van der Waals surface area contributed by atoms with Crippen LogP contribution in [0.25, 0.3) is 0 Å². The predicted octanol–water partition coefficient (Wildman–Crippen LogP) is 1.04. The zero-order valence-electron chi connectivity index (χ0n) is 12.7. The van der Waals surface area contributed by atoms with Crippen molar-refractivity contribution >= 4 is 17.4 Å². The number of carbonyl (C=O) groups is 1. The van der Waals surface area contributed by atoms with Gasteiger partial charge in [-0.3, -0.25) is 9.78 Å². The number of amidine groups is 1. The van der Waals surface area contributed by atoms with Gasteiger partial charge in [-0.15, -0.1) is 0 Å². The molecule has 1 aromatic heterocycles. The lowest BCUT2D eigenvalue weighted by Gasteiger charge is -2.26. The van der Waals surface area contributed by atoms with Crippen LogP contribution in [0.5, 0.6) is 0 Å². The van der Waals surface area contributed by atoms with E-state index in [1.807, 2.05) is 6.07 Å². The quantitative estimate of drug-likeness (QED) is 0.301. The fourth-order valence-corrected chi connectivity index (χ4v) is 1.93. The first-order valence-corrected chi connectivity index (χ1v) is 6.87. The summed E-state index contributed by atoms with van der Waals surface area (Å²) < 4.78 is 0. The van der Waals surface area contributed by atoms with E-state index in [2.05, 4.69) is 34.2 Å². The van der Waals surface area contributed by atoms with Gasteiger partial charge >= 0.3 is 0 Å². The van der Waals surface area contributed by atoms with Gasteiger partial charge in [-0.05, 0) is 18.1 Å². The van der Waals surface area contributed by atoms with Crippen molar-refractivity contribution < 1.29 is 10.0 Å². The largest absolute Gasteiger partial charge is 0.409 e. The first kappa shape index (κ1) is 16.7. The van der Waals surface area contributed by atoms with E-state index in [9.17, 15) is 4.79 Å². The number of aromatic nitrogens is 1. The molecule has 21 heavy (non-hydrogen) atoms. The van der Waals surface area contributed by atoms with Crippen molar-refractivity contribution in [1.29, 1.82) is 0 Å². The number of oxime groups is 1. The van der Waals surface area contributed by atoms with Crippen molar-refractivity contribution in [3.8, 4) is 0 Å². The molecule has 0 spiro atoms. The van der Waals surface area contributed by atoms with Gasteiger partial charge in [0, 0.05) is 38.4 Å². The van der Waals surface area contributed by atoms with Crippen molar-refractivity contribution in [3.63, 3.8) is 0 Å². The van der Waals surface area contributed by atoms with E-state index < -0.39 is 0 Å². The molecule has 4 N–H and O–H groups in total. The summed E-state index contributed by atoms with van der Waals surface area (Å²) in [6, 6.07) is 3.59. The fraction of sp³-hybridized carbons (Fsp3) is 0.500. The van der Waals surface area contributed by atoms with Crippen molar-refractivity contribution in [2.24, 2.45) is 16.8 Å². The zero-order valence-corrected chi connectivity index (χ0v) is 12.7. The Morgan fingerprint density at radius 3 is 2.86 bits per heavy atom. The minimum atomic E-state index is -0.224. The van der Waals surface area contributed by atoms with Crippen LogP contribution in [0.1, 0.15) is 30.8 Å². The SMILES string of the molecule is CNC(=O)c1cc(N(CCC(N)=NO)CC(C)C)ccn1. The molecule has 7 nitrogen and oxygen atoms in total. The third-order valence-electron chi connectivity index (χ3n) is 2.92. The number of anilines is 1. The second-order valence-corrected chi connectivity index (χ2v) is 5.16. The lowest BCUT2D eigenvalue weighted by molar-refractivity contribution is 0.0958. The van der Waals surface area contributed by atoms with Crippen LogP contribution in [0.3, 0.4) is 0 Å². The first-order chi connectivity index (χ1) is 9.97. The number of rotatable bonds is 7. The Bertz CT molecular complexity index is 502. The van der Waals surface area contributed by atoms with Crippen LogP contribution in [0.15, 0.2) is 23.5 Å². The van der Waals surface area contributed by atoms with Crippen LogP contribution in [0.4, 0.5) is 5.69 Å². The van der Waals surface area contributed by atoms with E-state index in [1.54, 1.807) is 19.3 Å². The van der Waals surface area contributed by atoms with Gasteiger partial charge in [0.1, 0.15) is 11.5 Å². The topological polar surface area (TPSA) is 104 Å². The summed E-state index contributed by atoms with van der Waals surface area (Å²) in [6.45, 7) is 5.62. The number of amides is 1. The number of hydrogen-bond donors (Lipinski definition) is 3. The molecule has 1 rings (SSSR count). The lowest BCUT2D eigenvalue weighted by Crippen LogP contribution is -2.32. The molecule has 7 heteroatoms. The summed E-state index contributed by atoms with van der Waals surface area (Å²) in [5.41, 5.74) is 6.79. The molecule has 0 atom stereocenters. The highest BCUT2D eigenvalue weighted by atomic mass is 16.4. The van der Waals surface area contributed by atoms with Crippen LogP contribution >= 0.6 is 0 Å². The molecule has 1 aromatic rings. The van der Waals surface area contributed by atoms with E-state index in [1.165, 1.54) is 0 Å².